The molecule has 0 saturated heterocycles. The predicted molar refractivity (Wildman–Crippen MR) is 166 cm³/mol. The summed E-state index contributed by atoms with van der Waals surface area (Å²) >= 11 is 0. The molecular weight excluding hydrogens is 560 g/mol. The van der Waals surface area contributed by atoms with Crippen molar-refractivity contribution in [2.75, 3.05) is 13.2 Å². The SMILES string of the molecule is Cc1cc(C)cc(COCC(NCC(=O)NC(=O)c2ccccc2)C(c2ccccc2)c2ccccc2)c1.O=C(O)C(=O)O. The molecule has 0 aliphatic heterocycles. The van der Waals surface area contributed by atoms with Crippen LogP contribution >= 0.6 is 0 Å². The minimum Gasteiger partial charge on any atom is -0.473 e. The second-order valence-electron chi connectivity index (χ2n) is 10.2. The van der Waals surface area contributed by atoms with Crippen molar-refractivity contribution in [3.63, 3.8) is 0 Å². The zero-order valence-corrected chi connectivity index (χ0v) is 24.6. The van der Waals surface area contributed by atoms with E-state index in [4.69, 9.17) is 24.5 Å². The van der Waals surface area contributed by atoms with Gasteiger partial charge in [-0.15, -0.1) is 0 Å². The molecule has 1 unspecified atom stereocenters. The number of ether oxygens (including phenoxy) is 1. The maximum atomic E-state index is 12.8. The van der Waals surface area contributed by atoms with Gasteiger partial charge in [0.2, 0.25) is 5.91 Å². The van der Waals surface area contributed by atoms with Gasteiger partial charge in [0.1, 0.15) is 0 Å². The first-order valence-electron chi connectivity index (χ1n) is 14.0. The summed E-state index contributed by atoms with van der Waals surface area (Å²) in [7, 11) is 0. The molecule has 228 valence electrons. The number of benzene rings is 4. The van der Waals surface area contributed by atoms with E-state index in [9.17, 15) is 9.59 Å². The van der Waals surface area contributed by atoms with Crippen LogP contribution in [0.3, 0.4) is 0 Å². The topological polar surface area (TPSA) is 142 Å². The first-order chi connectivity index (χ1) is 21.1. The van der Waals surface area contributed by atoms with Gasteiger partial charge < -0.3 is 20.3 Å². The largest absolute Gasteiger partial charge is 0.473 e. The molecule has 2 amide bonds. The van der Waals surface area contributed by atoms with Crippen LogP contribution in [0.5, 0.6) is 0 Å². The van der Waals surface area contributed by atoms with Crippen molar-refractivity contribution >= 4 is 23.8 Å². The van der Waals surface area contributed by atoms with Crippen LogP contribution in [0.4, 0.5) is 0 Å². The highest BCUT2D eigenvalue weighted by Crippen LogP contribution is 2.28. The van der Waals surface area contributed by atoms with E-state index in [0.717, 1.165) is 16.7 Å². The van der Waals surface area contributed by atoms with Gasteiger partial charge in [-0.05, 0) is 42.7 Å². The highest BCUT2D eigenvalue weighted by Gasteiger charge is 2.26. The zero-order chi connectivity index (χ0) is 31.9. The molecular formula is C35H36N2O7. The van der Waals surface area contributed by atoms with Crippen molar-refractivity contribution in [2.24, 2.45) is 0 Å². The number of hydrogen-bond acceptors (Lipinski definition) is 6. The van der Waals surface area contributed by atoms with Crippen LogP contribution in [0.15, 0.2) is 109 Å². The fraction of sp³-hybridized carbons (Fsp3) is 0.200. The highest BCUT2D eigenvalue weighted by atomic mass is 16.5. The summed E-state index contributed by atoms with van der Waals surface area (Å²) in [5.74, 6) is -4.51. The number of carboxylic acid groups (broad SMARTS) is 2. The summed E-state index contributed by atoms with van der Waals surface area (Å²) in [5, 5.41) is 20.7. The average molecular weight is 597 g/mol. The summed E-state index contributed by atoms with van der Waals surface area (Å²) in [6, 6.07) is 35.3. The van der Waals surface area contributed by atoms with E-state index in [0.29, 0.717) is 18.8 Å². The lowest BCUT2D eigenvalue weighted by Crippen LogP contribution is -2.45. The molecule has 4 N–H and O–H groups in total. The highest BCUT2D eigenvalue weighted by molar-refractivity contribution is 6.27. The monoisotopic (exact) mass is 596 g/mol. The van der Waals surface area contributed by atoms with E-state index >= 15 is 0 Å². The second-order valence-corrected chi connectivity index (χ2v) is 10.2. The third kappa shape index (κ3) is 10.9. The fourth-order valence-electron chi connectivity index (χ4n) is 4.76. The van der Waals surface area contributed by atoms with Crippen molar-refractivity contribution in [1.29, 1.82) is 0 Å². The van der Waals surface area contributed by atoms with Gasteiger partial charge in [-0.2, -0.15) is 0 Å². The summed E-state index contributed by atoms with van der Waals surface area (Å²) in [5.41, 5.74) is 6.19. The number of rotatable bonds is 11. The average Bonchev–Trinajstić information content (AvgIpc) is 3.01. The first kappa shape index (κ1) is 33.4. The summed E-state index contributed by atoms with van der Waals surface area (Å²) in [6.45, 7) is 4.98. The van der Waals surface area contributed by atoms with Crippen LogP contribution in [0.2, 0.25) is 0 Å². The Morgan fingerprint density at radius 3 is 1.66 bits per heavy atom. The van der Waals surface area contributed by atoms with Crippen LogP contribution in [0.1, 0.15) is 44.1 Å². The van der Waals surface area contributed by atoms with Gasteiger partial charge >= 0.3 is 11.9 Å². The maximum absolute atomic E-state index is 12.8. The normalized spacial score (nSPS) is 11.2. The Morgan fingerprint density at radius 1 is 0.705 bits per heavy atom. The van der Waals surface area contributed by atoms with Crippen LogP contribution in [-0.2, 0) is 25.7 Å². The quantitative estimate of drug-likeness (QED) is 0.182. The molecule has 0 spiro atoms. The van der Waals surface area contributed by atoms with E-state index in [1.807, 2.05) is 42.5 Å². The molecule has 0 saturated carbocycles. The second kappa shape index (κ2) is 17.1. The molecule has 0 radical (unpaired) electrons. The van der Waals surface area contributed by atoms with Crippen molar-refractivity contribution in [3.05, 3.63) is 143 Å². The Kier molecular flexibility index (Phi) is 13.0. The van der Waals surface area contributed by atoms with Gasteiger partial charge in [-0.1, -0.05) is 108 Å². The Morgan fingerprint density at radius 2 is 1.18 bits per heavy atom. The number of carbonyl (C=O) groups is 4. The molecule has 9 heteroatoms. The van der Waals surface area contributed by atoms with E-state index < -0.39 is 23.8 Å². The molecule has 0 fully saturated rings. The third-order valence-corrected chi connectivity index (χ3v) is 6.56. The number of nitrogens with one attached hydrogen (secondary N) is 2. The fourth-order valence-corrected chi connectivity index (χ4v) is 4.76. The Hall–Kier alpha value is -5.12. The van der Waals surface area contributed by atoms with Gasteiger partial charge in [0.25, 0.3) is 5.91 Å². The number of imide groups is 1. The number of amides is 2. The summed E-state index contributed by atoms with van der Waals surface area (Å²) in [6.07, 6.45) is 0. The summed E-state index contributed by atoms with van der Waals surface area (Å²) < 4.78 is 6.24. The predicted octanol–water partition coefficient (Wildman–Crippen LogP) is 4.72. The smallest absolute Gasteiger partial charge is 0.414 e. The van der Waals surface area contributed by atoms with Gasteiger partial charge in [0, 0.05) is 17.5 Å². The number of carboxylic acids is 2. The van der Waals surface area contributed by atoms with Gasteiger partial charge in [-0.25, -0.2) is 9.59 Å². The molecule has 0 heterocycles. The molecule has 9 nitrogen and oxygen atoms in total. The van der Waals surface area contributed by atoms with Gasteiger partial charge in [0.15, 0.2) is 0 Å². The van der Waals surface area contributed by atoms with E-state index in [-0.39, 0.29) is 18.5 Å². The minimum atomic E-state index is -1.82. The lowest BCUT2D eigenvalue weighted by Gasteiger charge is -2.29. The Labute approximate surface area is 256 Å². The number of aryl methyl sites for hydroxylation is 2. The van der Waals surface area contributed by atoms with Gasteiger partial charge in [0.05, 0.1) is 19.8 Å². The molecule has 4 rings (SSSR count). The van der Waals surface area contributed by atoms with Crippen LogP contribution in [0.25, 0.3) is 0 Å². The standard InChI is InChI=1S/C33H34N2O3.C2H2O4/c1-24-18-25(2)20-26(19-24)22-38-23-30(34-21-31(36)35-33(37)29-16-10-5-11-17-29)32(27-12-6-3-7-13-27)28-14-8-4-9-15-28;3-1(4)2(5)6/h3-20,30,32,34H,21-23H2,1-2H3,(H,35,36,37);(H,3,4)(H,5,6). The number of hydrogen-bond donors (Lipinski definition) is 4. The Bertz CT molecular complexity index is 1460. The van der Waals surface area contributed by atoms with Crippen LogP contribution < -0.4 is 10.6 Å². The molecule has 0 bridgehead atoms. The summed E-state index contributed by atoms with van der Waals surface area (Å²) in [4.78, 5) is 43.4. The van der Waals surface area contributed by atoms with E-state index in [1.54, 1.807) is 24.3 Å². The van der Waals surface area contributed by atoms with Crippen molar-refractivity contribution in [3.8, 4) is 0 Å². The molecule has 0 aromatic heterocycles. The van der Waals surface area contributed by atoms with Crippen LogP contribution in [-0.4, -0.2) is 53.2 Å². The number of aliphatic carboxylic acids is 2. The molecule has 4 aromatic carbocycles. The van der Waals surface area contributed by atoms with Crippen molar-refractivity contribution in [1.82, 2.24) is 10.6 Å². The third-order valence-electron chi connectivity index (χ3n) is 6.56. The molecule has 0 aliphatic carbocycles. The van der Waals surface area contributed by atoms with Gasteiger partial charge in [-0.3, -0.25) is 14.9 Å². The maximum Gasteiger partial charge on any atom is 0.414 e. The van der Waals surface area contributed by atoms with E-state index in [1.165, 1.54) is 11.1 Å². The lowest BCUT2D eigenvalue weighted by molar-refractivity contribution is -0.159. The Balaban J connectivity index is 0.000000801. The van der Waals surface area contributed by atoms with Crippen LogP contribution in [0, 0.1) is 13.8 Å². The molecule has 4 aromatic rings. The lowest BCUT2D eigenvalue weighted by atomic mass is 9.85. The van der Waals surface area contributed by atoms with Crippen molar-refractivity contribution in [2.45, 2.75) is 32.4 Å². The first-order valence-corrected chi connectivity index (χ1v) is 14.0. The molecule has 1 atom stereocenters. The van der Waals surface area contributed by atoms with E-state index in [2.05, 4.69) is 66.9 Å². The minimum absolute atomic E-state index is 0.0215. The molecule has 44 heavy (non-hydrogen) atoms. The molecule has 0 aliphatic rings. The zero-order valence-electron chi connectivity index (χ0n) is 24.6. The number of carbonyl (C=O) groups excluding carboxylic acids is 2. The van der Waals surface area contributed by atoms with Crippen molar-refractivity contribution < 1.29 is 34.1 Å².